The number of benzene rings is 2. The van der Waals surface area contributed by atoms with Crippen molar-refractivity contribution in [3.63, 3.8) is 0 Å². The average molecular weight is 465 g/mol. The van der Waals surface area contributed by atoms with Crippen molar-refractivity contribution in [2.45, 2.75) is 45.2 Å². The molecule has 0 aliphatic heterocycles. The highest BCUT2D eigenvalue weighted by Gasteiger charge is 2.30. The van der Waals surface area contributed by atoms with E-state index in [0.717, 1.165) is 22.3 Å². The summed E-state index contributed by atoms with van der Waals surface area (Å²) in [5.41, 5.74) is 4.49. The Balaban J connectivity index is 1.57. The third kappa shape index (κ3) is 6.04. The largest absolute Gasteiger partial charge is 0.460 e. The van der Waals surface area contributed by atoms with E-state index in [4.69, 9.17) is 9.47 Å². The third-order valence-corrected chi connectivity index (χ3v) is 5.72. The Morgan fingerprint density at radius 3 is 2.09 bits per heavy atom. The molecule has 1 aliphatic carbocycles. The van der Waals surface area contributed by atoms with E-state index >= 15 is 0 Å². The first-order valence-corrected chi connectivity index (χ1v) is 11.5. The number of fused-ring (bicyclic) bond motifs is 3. The molecule has 7 heteroatoms. The molecule has 2 aromatic carbocycles. The first kappa shape index (κ1) is 25.0. The Hall–Kier alpha value is -3.61. The van der Waals surface area contributed by atoms with Crippen LogP contribution in [0.3, 0.4) is 0 Å². The second-order valence-electron chi connectivity index (χ2n) is 8.80. The van der Waals surface area contributed by atoms with Gasteiger partial charge >= 0.3 is 12.1 Å². The van der Waals surface area contributed by atoms with Crippen molar-refractivity contribution in [1.82, 2.24) is 10.6 Å². The van der Waals surface area contributed by atoms with Crippen LogP contribution in [-0.4, -0.2) is 43.3 Å². The molecule has 7 nitrogen and oxygen atoms in total. The number of hydrogen-bond acceptors (Lipinski definition) is 5. The molecule has 0 saturated carbocycles. The smallest absolute Gasteiger partial charge is 0.407 e. The number of rotatable bonds is 10. The molecule has 2 amide bonds. The minimum atomic E-state index is -0.891. The van der Waals surface area contributed by atoms with Crippen LogP contribution in [0, 0.1) is 5.92 Å². The number of amides is 2. The Morgan fingerprint density at radius 2 is 1.53 bits per heavy atom. The van der Waals surface area contributed by atoms with Crippen molar-refractivity contribution in [1.29, 1.82) is 0 Å². The first-order chi connectivity index (χ1) is 16.3. The molecule has 180 valence electrons. The van der Waals surface area contributed by atoms with Crippen LogP contribution in [0.15, 0.2) is 61.2 Å². The van der Waals surface area contributed by atoms with Crippen LogP contribution in [0.2, 0.25) is 0 Å². The van der Waals surface area contributed by atoms with E-state index < -0.39 is 30.1 Å². The second-order valence-corrected chi connectivity index (χ2v) is 8.80. The van der Waals surface area contributed by atoms with Gasteiger partial charge in [0.15, 0.2) is 0 Å². The van der Waals surface area contributed by atoms with Gasteiger partial charge in [0.2, 0.25) is 5.91 Å². The maximum atomic E-state index is 12.6. The average Bonchev–Trinajstić information content (AvgIpc) is 3.14. The quantitative estimate of drug-likeness (QED) is 0.407. The molecule has 0 bridgehead atoms. The predicted molar refractivity (Wildman–Crippen MR) is 130 cm³/mol. The summed E-state index contributed by atoms with van der Waals surface area (Å²) in [4.78, 5) is 37.4. The summed E-state index contributed by atoms with van der Waals surface area (Å²) >= 11 is 0. The summed E-state index contributed by atoms with van der Waals surface area (Å²) in [6, 6.07) is 14.4. The summed E-state index contributed by atoms with van der Waals surface area (Å²) in [5, 5.41) is 5.22. The van der Waals surface area contributed by atoms with Gasteiger partial charge in [0.1, 0.15) is 25.3 Å². The van der Waals surface area contributed by atoms with E-state index in [2.05, 4.69) is 29.3 Å². The second kappa shape index (κ2) is 11.5. The molecule has 0 aromatic heterocycles. The summed E-state index contributed by atoms with van der Waals surface area (Å²) in [6.45, 7) is 9.16. The number of carbonyl (C=O) groups is 3. The maximum absolute atomic E-state index is 12.6. The first-order valence-electron chi connectivity index (χ1n) is 11.5. The van der Waals surface area contributed by atoms with Crippen molar-refractivity contribution < 1.29 is 23.9 Å². The molecular weight excluding hydrogens is 432 g/mol. The minimum Gasteiger partial charge on any atom is -0.460 e. The zero-order valence-corrected chi connectivity index (χ0v) is 19.9. The fourth-order valence-corrected chi connectivity index (χ4v) is 4.11. The molecule has 34 heavy (non-hydrogen) atoms. The van der Waals surface area contributed by atoms with Gasteiger partial charge in [-0.25, -0.2) is 9.59 Å². The third-order valence-electron chi connectivity index (χ3n) is 5.72. The molecule has 3 rings (SSSR count). The fourth-order valence-electron chi connectivity index (χ4n) is 4.11. The molecule has 0 heterocycles. The SMILES string of the molecule is C=CCOC(=O)[C@H](CC(C)C)NC(=O)[C@H](C)NC(=O)OCC1c2ccccc2-c2ccccc21. The molecule has 2 atom stereocenters. The Bertz CT molecular complexity index is 1000. The molecule has 0 radical (unpaired) electrons. The zero-order valence-electron chi connectivity index (χ0n) is 19.9. The summed E-state index contributed by atoms with van der Waals surface area (Å²) < 4.78 is 10.6. The standard InChI is InChI=1S/C27H32N2O5/c1-5-14-33-26(31)24(15-17(2)3)29-25(30)18(4)28-27(32)34-16-23-21-12-8-6-10-19(21)20-11-7-9-13-22(20)23/h5-13,17-18,23-24H,1,14-16H2,2-4H3,(H,28,32)(H,29,30)/t18-,24-/m0/s1. The molecule has 0 unspecified atom stereocenters. The van der Waals surface area contributed by atoms with E-state index in [0.29, 0.717) is 6.42 Å². The number of alkyl carbamates (subject to hydrolysis) is 1. The van der Waals surface area contributed by atoms with Gasteiger partial charge in [-0.15, -0.1) is 0 Å². The Labute approximate surface area is 200 Å². The molecular formula is C27H32N2O5. The Morgan fingerprint density at radius 1 is 0.941 bits per heavy atom. The van der Waals surface area contributed by atoms with E-state index in [1.807, 2.05) is 50.2 Å². The molecule has 0 fully saturated rings. The lowest BCUT2D eigenvalue weighted by molar-refractivity contribution is -0.147. The molecule has 2 aromatic rings. The summed E-state index contributed by atoms with van der Waals surface area (Å²) in [7, 11) is 0. The van der Waals surface area contributed by atoms with E-state index in [9.17, 15) is 14.4 Å². The lowest BCUT2D eigenvalue weighted by atomic mass is 9.98. The van der Waals surface area contributed by atoms with Gasteiger partial charge in [-0.2, -0.15) is 0 Å². The van der Waals surface area contributed by atoms with Crippen LogP contribution in [0.1, 0.15) is 44.2 Å². The van der Waals surface area contributed by atoms with Crippen LogP contribution in [-0.2, 0) is 19.1 Å². The monoisotopic (exact) mass is 464 g/mol. The van der Waals surface area contributed by atoms with Crippen molar-refractivity contribution in [3.8, 4) is 11.1 Å². The van der Waals surface area contributed by atoms with Gasteiger partial charge < -0.3 is 20.1 Å². The van der Waals surface area contributed by atoms with Crippen LogP contribution < -0.4 is 10.6 Å². The highest BCUT2D eigenvalue weighted by atomic mass is 16.5. The number of hydrogen-bond donors (Lipinski definition) is 2. The van der Waals surface area contributed by atoms with Crippen molar-refractivity contribution >= 4 is 18.0 Å². The van der Waals surface area contributed by atoms with Crippen LogP contribution in [0.25, 0.3) is 11.1 Å². The normalized spacial score (nSPS) is 13.9. The van der Waals surface area contributed by atoms with Crippen LogP contribution >= 0.6 is 0 Å². The summed E-state index contributed by atoms with van der Waals surface area (Å²) in [6.07, 6.45) is 1.19. The lowest BCUT2D eigenvalue weighted by Crippen LogP contribution is -2.51. The minimum absolute atomic E-state index is 0.0663. The van der Waals surface area contributed by atoms with Gasteiger partial charge in [0.25, 0.3) is 0 Å². The van der Waals surface area contributed by atoms with E-state index in [1.54, 1.807) is 0 Å². The molecule has 0 saturated heterocycles. The van der Waals surface area contributed by atoms with E-state index in [1.165, 1.54) is 13.0 Å². The van der Waals surface area contributed by atoms with Gasteiger partial charge in [-0.3, -0.25) is 4.79 Å². The zero-order chi connectivity index (χ0) is 24.7. The topological polar surface area (TPSA) is 93.7 Å². The van der Waals surface area contributed by atoms with Crippen molar-refractivity contribution in [2.75, 3.05) is 13.2 Å². The highest BCUT2D eigenvalue weighted by Crippen LogP contribution is 2.44. The lowest BCUT2D eigenvalue weighted by Gasteiger charge is -2.22. The number of ether oxygens (including phenoxy) is 2. The molecule has 2 N–H and O–H groups in total. The fraction of sp³-hybridized carbons (Fsp3) is 0.370. The number of nitrogens with one attached hydrogen (secondary N) is 2. The van der Waals surface area contributed by atoms with Gasteiger partial charge in [0.05, 0.1) is 0 Å². The number of esters is 1. The van der Waals surface area contributed by atoms with Gasteiger partial charge in [-0.1, -0.05) is 75.0 Å². The van der Waals surface area contributed by atoms with E-state index in [-0.39, 0.29) is 25.0 Å². The molecule has 0 spiro atoms. The van der Waals surface area contributed by atoms with Gasteiger partial charge in [0, 0.05) is 5.92 Å². The van der Waals surface area contributed by atoms with Crippen LogP contribution in [0.5, 0.6) is 0 Å². The number of carbonyl (C=O) groups excluding carboxylic acids is 3. The van der Waals surface area contributed by atoms with Gasteiger partial charge in [-0.05, 0) is 41.5 Å². The molecule has 1 aliphatic rings. The van der Waals surface area contributed by atoms with Crippen molar-refractivity contribution in [3.05, 3.63) is 72.3 Å². The maximum Gasteiger partial charge on any atom is 0.407 e. The summed E-state index contributed by atoms with van der Waals surface area (Å²) in [5.74, 6) is -0.936. The van der Waals surface area contributed by atoms with Crippen LogP contribution in [0.4, 0.5) is 4.79 Å². The Kier molecular flexibility index (Phi) is 8.46. The van der Waals surface area contributed by atoms with Crippen molar-refractivity contribution in [2.24, 2.45) is 5.92 Å². The highest BCUT2D eigenvalue weighted by molar-refractivity contribution is 5.89. The predicted octanol–water partition coefficient (Wildman–Crippen LogP) is 4.17.